The van der Waals surface area contributed by atoms with Crippen molar-refractivity contribution < 1.29 is 9.18 Å². The first-order valence-electron chi connectivity index (χ1n) is 6.73. The van der Waals surface area contributed by atoms with Gasteiger partial charge < -0.3 is 5.32 Å². The van der Waals surface area contributed by atoms with Crippen LogP contribution in [0.1, 0.15) is 11.1 Å². The highest BCUT2D eigenvalue weighted by atomic mass is 79.9. The molecular formula is C16H14Br2FN3O. The molecule has 0 spiro atoms. The number of carbonyl (C=O) groups is 1. The summed E-state index contributed by atoms with van der Waals surface area (Å²) in [4.78, 5) is 11.8. The number of rotatable bonds is 5. The molecule has 2 aromatic carbocycles. The Hall–Kier alpha value is -1.73. The van der Waals surface area contributed by atoms with Gasteiger partial charge in [-0.25, -0.2) is 9.82 Å². The van der Waals surface area contributed by atoms with Crippen molar-refractivity contribution in [2.24, 2.45) is 5.10 Å². The van der Waals surface area contributed by atoms with Crippen molar-refractivity contribution in [1.29, 1.82) is 0 Å². The molecule has 2 aromatic rings. The van der Waals surface area contributed by atoms with E-state index >= 15 is 0 Å². The van der Waals surface area contributed by atoms with E-state index < -0.39 is 5.82 Å². The van der Waals surface area contributed by atoms with Gasteiger partial charge in [-0.3, -0.25) is 4.79 Å². The van der Waals surface area contributed by atoms with Crippen LogP contribution < -0.4 is 10.7 Å². The number of hydrogen-bond donors (Lipinski definition) is 2. The third-order valence-corrected chi connectivity index (χ3v) is 4.16. The number of carbonyl (C=O) groups excluding carboxylic acids is 1. The van der Waals surface area contributed by atoms with Crippen LogP contribution in [0.2, 0.25) is 0 Å². The van der Waals surface area contributed by atoms with Gasteiger partial charge in [-0.2, -0.15) is 5.10 Å². The summed E-state index contributed by atoms with van der Waals surface area (Å²) in [5.74, 6) is -0.729. The largest absolute Gasteiger partial charge is 0.374 e. The molecule has 0 heterocycles. The molecular weight excluding hydrogens is 429 g/mol. The Bertz CT molecular complexity index is 727. The van der Waals surface area contributed by atoms with Crippen LogP contribution >= 0.6 is 31.9 Å². The first kappa shape index (κ1) is 17.6. The summed E-state index contributed by atoms with van der Waals surface area (Å²) in [5.41, 5.74) is 4.53. The van der Waals surface area contributed by atoms with Crippen LogP contribution in [0.3, 0.4) is 0 Å². The van der Waals surface area contributed by atoms with Crippen LogP contribution in [0.25, 0.3) is 0 Å². The van der Waals surface area contributed by atoms with E-state index in [1.807, 2.05) is 19.1 Å². The second kappa shape index (κ2) is 8.21. The van der Waals surface area contributed by atoms with Crippen molar-refractivity contribution >= 4 is 49.7 Å². The Balaban J connectivity index is 1.90. The molecule has 0 saturated heterocycles. The van der Waals surface area contributed by atoms with Gasteiger partial charge in [0.25, 0.3) is 5.91 Å². The molecule has 0 aliphatic rings. The van der Waals surface area contributed by atoms with Gasteiger partial charge in [0.2, 0.25) is 0 Å². The minimum atomic E-state index is -0.392. The highest BCUT2D eigenvalue weighted by molar-refractivity contribution is 9.11. The van der Waals surface area contributed by atoms with E-state index in [0.717, 1.165) is 20.2 Å². The lowest BCUT2D eigenvalue weighted by molar-refractivity contribution is -0.119. The van der Waals surface area contributed by atoms with Crippen LogP contribution in [0.15, 0.2) is 50.4 Å². The van der Waals surface area contributed by atoms with Crippen molar-refractivity contribution in [2.45, 2.75) is 6.92 Å². The second-order valence-electron chi connectivity index (χ2n) is 4.77. The predicted molar refractivity (Wildman–Crippen MR) is 97.2 cm³/mol. The Morgan fingerprint density at radius 1 is 1.26 bits per heavy atom. The number of anilines is 1. The van der Waals surface area contributed by atoms with Crippen molar-refractivity contribution in [1.82, 2.24) is 5.43 Å². The highest BCUT2D eigenvalue weighted by Gasteiger charge is 2.08. The number of aryl methyl sites for hydroxylation is 1. The minimum Gasteiger partial charge on any atom is -0.374 e. The third-order valence-electron chi connectivity index (χ3n) is 2.91. The van der Waals surface area contributed by atoms with Crippen molar-refractivity contribution in [2.75, 3.05) is 11.9 Å². The zero-order valence-electron chi connectivity index (χ0n) is 12.2. The molecule has 4 nitrogen and oxygen atoms in total. The fraction of sp³-hybridized carbons (Fsp3) is 0.125. The maximum atomic E-state index is 13.4. The van der Waals surface area contributed by atoms with E-state index in [4.69, 9.17) is 0 Å². The second-order valence-corrected chi connectivity index (χ2v) is 6.48. The normalized spacial score (nSPS) is 10.8. The molecule has 2 N–H and O–H groups in total. The fourth-order valence-corrected chi connectivity index (χ4v) is 3.53. The van der Waals surface area contributed by atoms with E-state index in [2.05, 4.69) is 47.7 Å². The molecule has 0 unspecified atom stereocenters. The van der Waals surface area contributed by atoms with Gasteiger partial charge in [0, 0.05) is 14.5 Å². The Labute approximate surface area is 150 Å². The quantitative estimate of drug-likeness (QED) is 0.538. The summed E-state index contributed by atoms with van der Waals surface area (Å²) in [5, 5.41) is 6.76. The molecule has 7 heteroatoms. The van der Waals surface area contributed by atoms with Gasteiger partial charge in [0.05, 0.1) is 18.4 Å². The van der Waals surface area contributed by atoms with Gasteiger partial charge in [0.1, 0.15) is 5.82 Å². The third kappa shape index (κ3) is 5.14. The molecule has 0 aliphatic carbocycles. The predicted octanol–water partition coefficient (Wildman–Crippen LogP) is 4.22. The van der Waals surface area contributed by atoms with Gasteiger partial charge in [-0.15, -0.1) is 0 Å². The lowest BCUT2D eigenvalue weighted by Crippen LogP contribution is -2.26. The first-order valence-corrected chi connectivity index (χ1v) is 8.32. The van der Waals surface area contributed by atoms with Gasteiger partial charge in [0.15, 0.2) is 0 Å². The molecule has 0 saturated carbocycles. The van der Waals surface area contributed by atoms with Crippen molar-refractivity contribution in [3.8, 4) is 0 Å². The van der Waals surface area contributed by atoms with Gasteiger partial charge >= 0.3 is 0 Å². The molecule has 0 atom stereocenters. The number of hydrogen-bond acceptors (Lipinski definition) is 3. The van der Waals surface area contributed by atoms with Crippen molar-refractivity contribution in [3.63, 3.8) is 0 Å². The molecule has 0 radical (unpaired) electrons. The highest BCUT2D eigenvalue weighted by Crippen LogP contribution is 2.31. The van der Waals surface area contributed by atoms with Crippen LogP contribution in [0.4, 0.5) is 10.1 Å². The summed E-state index contributed by atoms with van der Waals surface area (Å²) in [6, 6.07) is 10.1. The zero-order valence-corrected chi connectivity index (χ0v) is 15.4. The summed E-state index contributed by atoms with van der Waals surface area (Å²) in [7, 11) is 0. The zero-order chi connectivity index (χ0) is 16.8. The number of hydrazone groups is 1. The lowest BCUT2D eigenvalue weighted by Gasteiger charge is -2.11. The molecule has 0 fully saturated rings. The van der Waals surface area contributed by atoms with Crippen LogP contribution in [0.5, 0.6) is 0 Å². The van der Waals surface area contributed by atoms with E-state index in [9.17, 15) is 9.18 Å². The van der Waals surface area contributed by atoms with Crippen LogP contribution in [-0.2, 0) is 4.79 Å². The number of halogens is 3. The standard InChI is InChI=1S/C16H14Br2FN3O/c1-10-6-12(17)16(13(18)7-10)20-9-15(23)22-21-8-11-4-2-3-5-14(11)19/h2-8,20H,9H2,1H3,(H,22,23)/b21-8+. The van der Waals surface area contributed by atoms with E-state index in [1.54, 1.807) is 18.2 Å². The Morgan fingerprint density at radius 2 is 1.91 bits per heavy atom. The number of amides is 1. The number of nitrogens with zero attached hydrogens (tertiary/aromatic N) is 1. The molecule has 0 bridgehead atoms. The number of nitrogens with one attached hydrogen (secondary N) is 2. The van der Waals surface area contributed by atoms with Gasteiger partial charge in [-0.05, 0) is 62.5 Å². The average molecular weight is 443 g/mol. The molecule has 120 valence electrons. The topological polar surface area (TPSA) is 53.5 Å². The Kier molecular flexibility index (Phi) is 6.29. The monoisotopic (exact) mass is 441 g/mol. The average Bonchev–Trinajstić information content (AvgIpc) is 2.48. The smallest absolute Gasteiger partial charge is 0.259 e. The molecule has 2 rings (SSSR count). The van der Waals surface area contributed by atoms with Crippen LogP contribution in [0, 0.1) is 12.7 Å². The first-order chi connectivity index (χ1) is 11.0. The lowest BCUT2D eigenvalue weighted by atomic mass is 10.2. The molecule has 1 amide bonds. The summed E-state index contributed by atoms with van der Waals surface area (Å²) in [6.07, 6.45) is 1.27. The fourth-order valence-electron chi connectivity index (χ4n) is 1.83. The maximum Gasteiger partial charge on any atom is 0.259 e. The van der Waals surface area contributed by atoms with E-state index in [0.29, 0.717) is 5.56 Å². The van der Waals surface area contributed by atoms with Crippen LogP contribution in [-0.4, -0.2) is 18.7 Å². The number of benzene rings is 2. The van der Waals surface area contributed by atoms with E-state index in [-0.39, 0.29) is 12.5 Å². The summed E-state index contributed by atoms with van der Waals surface area (Å²) < 4.78 is 15.1. The van der Waals surface area contributed by atoms with E-state index in [1.165, 1.54) is 12.3 Å². The molecule has 23 heavy (non-hydrogen) atoms. The van der Waals surface area contributed by atoms with Crippen molar-refractivity contribution in [3.05, 3.63) is 62.3 Å². The maximum absolute atomic E-state index is 13.4. The van der Waals surface area contributed by atoms with Gasteiger partial charge in [-0.1, -0.05) is 18.2 Å². The SMILES string of the molecule is Cc1cc(Br)c(NCC(=O)N/N=C/c2ccccc2F)c(Br)c1. The summed E-state index contributed by atoms with van der Waals surface area (Å²) >= 11 is 6.89. The summed E-state index contributed by atoms with van der Waals surface area (Å²) in [6.45, 7) is 2.01. The molecule has 0 aliphatic heterocycles. The minimum absolute atomic E-state index is 0.0366. The molecule has 0 aromatic heterocycles. The Morgan fingerprint density at radius 3 is 2.57 bits per heavy atom.